The van der Waals surface area contributed by atoms with Gasteiger partial charge in [-0.15, -0.1) is 0 Å². The molecular weight excluding hydrogens is 304 g/mol. The van der Waals surface area contributed by atoms with E-state index in [1.165, 1.54) is 5.56 Å². The van der Waals surface area contributed by atoms with Crippen molar-refractivity contribution in [1.82, 2.24) is 0 Å². The Balaban J connectivity index is 2.49. The first kappa shape index (κ1) is 13.7. The number of ether oxygens (including phenoxy) is 1. The minimum Gasteiger partial charge on any atom is -0.495 e. The topological polar surface area (TPSA) is 38.5 Å². The van der Waals surface area contributed by atoms with Gasteiger partial charge in [0, 0.05) is 11.5 Å². The highest BCUT2D eigenvalue weighted by atomic mass is 79.9. The maximum absolute atomic E-state index is 6.08. The fourth-order valence-corrected chi connectivity index (χ4v) is 2.40. The van der Waals surface area contributed by atoms with Gasteiger partial charge in [0.2, 0.25) is 0 Å². The van der Waals surface area contributed by atoms with Gasteiger partial charge in [-0.1, -0.05) is 22.0 Å². The van der Waals surface area contributed by atoms with Crippen molar-refractivity contribution in [3.63, 3.8) is 0 Å². The number of aryl methyl sites for hydroxylation is 1. The van der Waals surface area contributed by atoms with Crippen molar-refractivity contribution >= 4 is 33.0 Å². The van der Waals surface area contributed by atoms with E-state index < -0.39 is 0 Å². The number of nitrogens with zero attached hydrogens (tertiary/aromatic N) is 1. The van der Waals surface area contributed by atoms with Crippen LogP contribution in [-0.4, -0.2) is 14.2 Å². The number of nitrogens with two attached hydrogens (primary N) is 1. The lowest BCUT2D eigenvalue weighted by Gasteiger charge is -2.24. The molecule has 2 rings (SSSR count). The molecule has 0 aliphatic rings. The molecule has 3 nitrogen and oxygen atoms in total. The van der Waals surface area contributed by atoms with E-state index in [9.17, 15) is 0 Å². The molecule has 0 spiro atoms. The van der Waals surface area contributed by atoms with Gasteiger partial charge in [0.1, 0.15) is 5.75 Å². The normalized spacial score (nSPS) is 10.3. The quantitative estimate of drug-likeness (QED) is 0.865. The van der Waals surface area contributed by atoms with E-state index in [2.05, 4.69) is 28.9 Å². The Morgan fingerprint density at radius 1 is 1.11 bits per heavy atom. The smallest absolute Gasteiger partial charge is 0.142 e. The summed E-state index contributed by atoms with van der Waals surface area (Å²) in [6.45, 7) is 2.06. The summed E-state index contributed by atoms with van der Waals surface area (Å²) in [6.07, 6.45) is 0. The summed E-state index contributed by atoms with van der Waals surface area (Å²) in [7, 11) is 3.66. The van der Waals surface area contributed by atoms with Crippen molar-refractivity contribution in [2.75, 3.05) is 24.8 Å². The van der Waals surface area contributed by atoms with Crippen molar-refractivity contribution < 1.29 is 4.74 Å². The van der Waals surface area contributed by atoms with Gasteiger partial charge < -0.3 is 15.4 Å². The SMILES string of the molecule is COc1ccc(C)cc1N(C)c1ccc(Br)cc1N. The molecule has 0 unspecified atom stereocenters. The summed E-state index contributed by atoms with van der Waals surface area (Å²) >= 11 is 3.42. The van der Waals surface area contributed by atoms with Crippen LogP contribution in [-0.2, 0) is 0 Å². The lowest BCUT2D eigenvalue weighted by molar-refractivity contribution is 0.415. The maximum atomic E-state index is 6.08. The molecule has 0 bridgehead atoms. The molecule has 0 heterocycles. The van der Waals surface area contributed by atoms with E-state index >= 15 is 0 Å². The van der Waals surface area contributed by atoms with Gasteiger partial charge >= 0.3 is 0 Å². The summed E-state index contributed by atoms with van der Waals surface area (Å²) in [5, 5.41) is 0. The number of anilines is 3. The Hall–Kier alpha value is -1.68. The molecule has 4 heteroatoms. The van der Waals surface area contributed by atoms with Crippen molar-refractivity contribution in [1.29, 1.82) is 0 Å². The Kier molecular flexibility index (Phi) is 4.00. The number of halogens is 1. The third-order valence-electron chi connectivity index (χ3n) is 3.05. The van der Waals surface area contributed by atoms with Gasteiger partial charge in [-0.25, -0.2) is 0 Å². The van der Waals surface area contributed by atoms with Gasteiger partial charge in [-0.2, -0.15) is 0 Å². The number of nitrogen functional groups attached to an aromatic ring is 1. The van der Waals surface area contributed by atoms with Crippen molar-refractivity contribution in [2.24, 2.45) is 0 Å². The predicted molar refractivity (Wildman–Crippen MR) is 84.3 cm³/mol. The molecule has 2 aromatic carbocycles. The molecule has 0 aliphatic carbocycles. The molecule has 0 fully saturated rings. The number of hydrogen-bond donors (Lipinski definition) is 1. The average Bonchev–Trinajstić information content (AvgIpc) is 2.38. The van der Waals surface area contributed by atoms with Crippen molar-refractivity contribution in [3.05, 3.63) is 46.4 Å². The fourth-order valence-electron chi connectivity index (χ4n) is 2.02. The molecule has 0 atom stereocenters. The summed E-state index contributed by atoms with van der Waals surface area (Å²) in [4.78, 5) is 2.04. The molecule has 2 aromatic rings. The first-order chi connectivity index (χ1) is 9.02. The van der Waals surface area contributed by atoms with Crippen LogP contribution in [0.15, 0.2) is 40.9 Å². The van der Waals surface area contributed by atoms with Gasteiger partial charge in [0.05, 0.1) is 24.2 Å². The third kappa shape index (κ3) is 2.84. The second-order valence-corrected chi connectivity index (χ2v) is 5.35. The molecule has 0 aromatic heterocycles. The number of rotatable bonds is 3. The summed E-state index contributed by atoms with van der Waals surface area (Å²) in [5.74, 6) is 0.829. The van der Waals surface area contributed by atoms with E-state index in [1.807, 2.05) is 42.3 Å². The monoisotopic (exact) mass is 320 g/mol. The highest BCUT2D eigenvalue weighted by molar-refractivity contribution is 9.10. The fraction of sp³-hybridized carbons (Fsp3) is 0.200. The molecule has 0 amide bonds. The van der Waals surface area contributed by atoms with E-state index in [4.69, 9.17) is 10.5 Å². The van der Waals surface area contributed by atoms with E-state index in [-0.39, 0.29) is 0 Å². The highest BCUT2D eigenvalue weighted by Gasteiger charge is 2.12. The average molecular weight is 321 g/mol. The Bertz CT molecular complexity index is 599. The van der Waals surface area contributed by atoms with Crippen LogP contribution in [0.4, 0.5) is 17.1 Å². The standard InChI is InChI=1S/C15H17BrN2O/c1-10-4-7-15(19-3)14(8-10)18(2)13-6-5-11(16)9-12(13)17/h4-9H,17H2,1-3H3. The van der Waals surface area contributed by atoms with Crippen LogP contribution < -0.4 is 15.4 Å². The lowest BCUT2D eigenvalue weighted by Crippen LogP contribution is -2.12. The zero-order valence-electron chi connectivity index (χ0n) is 11.3. The van der Waals surface area contributed by atoms with Crippen LogP contribution in [0.2, 0.25) is 0 Å². The number of hydrogen-bond acceptors (Lipinski definition) is 3. The zero-order valence-corrected chi connectivity index (χ0v) is 12.9. The van der Waals surface area contributed by atoms with E-state index in [1.54, 1.807) is 7.11 Å². The second-order valence-electron chi connectivity index (χ2n) is 4.44. The molecule has 0 saturated heterocycles. The third-order valence-corrected chi connectivity index (χ3v) is 3.54. The summed E-state index contributed by atoms with van der Waals surface area (Å²) in [5.41, 5.74) is 9.93. The van der Waals surface area contributed by atoms with Crippen LogP contribution in [0.25, 0.3) is 0 Å². The van der Waals surface area contributed by atoms with Crippen molar-refractivity contribution in [2.45, 2.75) is 6.92 Å². The van der Waals surface area contributed by atoms with Gasteiger partial charge in [0.15, 0.2) is 0 Å². The largest absolute Gasteiger partial charge is 0.495 e. The maximum Gasteiger partial charge on any atom is 0.142 e. The van der Waals surface area contributed by atoms with Crippen LogP contribution in [0, 0.1) is 6.92 Å². The Morgan fingerprint density at radius 3 is 2.47 bits per heavy atom. The first-order valence-corrected chi connectivity index (χ1v) is 6.75. The van der Waals surface area contributed by atoms with Crippen LogP contribution >= 0.6 is 15.9 Å². The minimum atomic E-state index is 0.723. The number of methoxy groups -OCH3 is 1. The lowest BCUT2D eigenvalue weighted by atomic mass is 10.1. The molecular formula is C15H17BrN2O. The van der Waals surface area contributed by atoms with Crippen LogP contribution in [0.3, 0.4) is 0 Å². The molecule has 0 saturated carbocycles. The Morgan fingerprint density at radius 2 is 1.84 bits per heavy atom. The van der Waals surface area contributed by atoms with Crippen LogP contribution in [0.5, 0.6) is 5.75 Å². The zero-order chi connectivity index (χ0) is 14.0. The first-order valence-electron chi connectivity index (χ1n) is 5.96. The van der Waals surface area contributed by atoms with E-state index in [0.717, 1.165) is 27.3 Å². The highest BCUT2D eigenvalue weighted by Crippen LogP contribution is 2.36. The summed E-state index contributed by atoms with van der Waals surface area (Å²) in [6, 6.07) is 11.9. The molecule has 19 heavy (non-hydrogen) atoms. The molecule has 0 aliphatic heterocycles. The van der Waals surface area contributed by atoms with Gasteiger partial charge in [-0.3, -0.25) is 0 Å². The number of benzene rings is 2. The summed E-state index contributed by atoms with van der Waals surface area (Å²) < 4.78 is 6.39. The minimum absolute atomic E-state index is 0.723. The van der Waals surface area contributed by atoms with Gasteiger partial charge in [-0.05, 0) is 42.8 Å². The van der Waals surface area contributed by atoms with Crippen LogP contribution in [0.1, 0.15) is 5.56 Å². The van der Waals surface area contributed by atoms with Gasteiger partial charge in [0.25, 0.3) is 0 Å². The molecule has 2 N–H and O–H groups in total. The predicted octanol–water partition coefficient (Wildman–Crippen LogP) is 4.12. The second kappa shape index (κ2) is 5.53. The molecule has 0 radical (unpaired) electrons. The van der Waals surface area contributed by atoms with Crippen molar-refractivity contribution in [3.8, 4) is 5.75 Å². The van der Waals surface area contributed by atoms with E-state index in [0.29, 0.717) is 0 Å². The Labute approximate surface area is 122 Å². The molecule has 100 valence electrons.